The molecule has 0 atom stereocenters. The second-order valence-electron chi connectivity index (χ2n) is 6.36. The molecule has 3 aromatic heterocycles. The monoisotopic (exact) mass is 369 g/mol. The van der Waals surface area contributed by atoms with Crippen LogP contribution in [0.1, 0.15) is 29.2 Å². The third kappa shape index (κ3) is 2.12. The van der Waals surface area contributed by atoms with E-state index < -0.39 is 17.2 Å². The van der Waals surface area contributed by atoms with Crippen molar-refractivity contribution in [1.29, 1.82) is 0 Å². The van der Waals surface area contributed by atoms with E-state index in [9.17, 15) is 19.1 Å². The van der Waals surface area contributed by atoms with E-state index in [1.807, 2.05) is 17.5 Å². The summed E-state index contributed by atoms with van der Waals surface area (Å²) in [5, 5.41) is 11.3. The number of H-pyrrole nitrogens is 1. The number of aromatic nitrogens is 3. The number of fused-ring (bicyclic) bond motifs is 3. The number of pyridine rings is 1. The summed E-state index contributed by atoms with van der Waals surface area (Å²) in [6.07, 6.45) is 3.15. The summed E-state index contributed by atoms with van der Waals surface area (Å²) in [6.45, 7) is 0. The van der Waals surface area contributed by atoms with Gasteiger partial charge in [0, 0.05) is 12.2 Å². The number of nitrogens with zero attached hydrogens (tertiary/aromatic N) is 2. The zero-order valence-electron chi connectivity index (χ0n) is 13.3. The molecule has 1 aromatic carbocycles. The highest BCUT2D eigenvalue weighted by atomic mass is 32.1. The number of rotatable bonds is 3. The van der Waals surface area contributed by atoms with E-state index in [4.69, 9.17) is 0 Å². The van der Waals surface area contributed by atoms with Crippen LogP contribution in [0.4, 0.5) is 4.39 Å². The summed E-state index contributed by atoms with van der Waals surface area (Å²) in [7, 11) is 0. The molecule has 6 nitrogen and oxygen atoms in total. The number of carbonyl (C=O) groups is 1. The number of nitrogens with one attached hydrogen (secondary N) is 1. The molecule has 1 aliphatic carbocycles. The zero-order valence-corrected chi connectivity index (χ0v) is 14.1. The Hall–Kier alpha value is -3.00. The minimum absolute atomic E-state index is 0.0585. The molecule has 1 fully saturated rings. The summed E-state index contributed by atoms with van der Waals surface area (Å²) < 4.78 is 16.4. The highest BCUT2D eigenvalue weighted by Crippen LogP contribution is 2.39. The van der Waals surface area contributed by atoms with E-state index >= 15 is 0 Å². The third-order valence-electron chi connectivity index (χ3n) is 4.63. The molecule has 0 aliphatic heterocycles. The Morgan fingerprint density at radius 3 is 2.88 bits per heavy atom. The van der Waals surface area contributed by atoms with Gasteiger partial charge in [0.25, 0.3) is 0 Å². The third-order valence-corrected chi connectivity index (χ3v) is 5.51. The maximum atomic E-state index is 14.7. The van der Waals surface area contributed by atoms with Gasteiger partial charge in [0.05, 0.1) is 21.3 Å². The summed E-state index contributed by atoms with van der Waals surface area (Å²) >= 11 is 1.47. The highest BCUT2D eigenvalue weighted by Gasteiger charge is 2.29. The molecular weight excluding hydrogens is 357 g/mol. The number of carboxylic acid groups (broad SMARTS) is 1. The van der Waals surface area contributed by atoms with Crippen LogP contribution < -0.4 is 5.43 Å². The summed E-state index contributed by atoms with van der Waals surface area (Å²) in [6, 6.07) is 4.96. The molecule has 0 radical (unpaired) electrons. The van der Waals surface area contributed by atoms with Gasteiger partial charge in [0.1, 0.15) is 16.9 Å². The van der Waals surface area contributed by atoms with E-state index in [1.54, 1.807) is 4.57 Å². The molecule has 4 aromatic rings. The van der Waals surface area contributed by atoms with Crippen LogP contribution in [0.2, 0.25) is 0 Å². The van der Waals surface area contributed by atoms with Crippen molar-refractivity contribution in [3.8, 4) is 10.7 Å². The fraction of sp³-hybridized carbons (Fsp3) is 0.167. The van der Waals surface area contributed by atoms with E-state index in [0.717, 1.165) is 23.8 Å². The predicted octanol–water partition coefficient (Wildman–Crippen LogP) is 3.78. The van der Waals surface area contributed by atoms with Crippen LogP contribution in [0, 0.1) is 5.82 Å². The standard InChI is InChI=1S/C18H12FN3O3S/c19-11-6-9-15(14-13(11)20-17(21-14)12-2-1-5-26-12)22(8-3-4-8)7-10(16(9)23)18(24)25/h1-2,5-8H,3-4H2,(H,20,21)(H,24,25). The molecular formula is C18H12FN3O3S. The fourth-order valence-corrected chi connectivity index (χ4v) is 3.96. The van der Waals surface area contributed by atoms with Gasteiger partial charge in [-0.15, -0.1) is 11.3 Å². The normalized spacial score (nSPS) is 14.3. The van der Waals surface area contributed by atoms with Crippen molar-refractivity contribution >= 4 is 39.2 Å². The predicted molar refractivity (Wildman–Crippen MR) is 96.4 cm³/mol. The molecule has 0 amide bonds. The van der Waals surface area contributed by atoms with Gasteiger partial charge < -0.3 is 14.7 Å². The number of hydrogen-bond donors (Lipinski definition) is 2. The van der Waals surface area contributed by atoms with Crippen LogP contribution >= 0.6 is 11.3 Å². The second-order valence-corrected chi connectivity index (χ2v) is 7.30. The summed E-state index contributed by atoms with van der Waals surface area (Å²) in [4.78, 5) is 32.4. The minimum Gasteiger partial charge on any atom is -0.477 e. The Morgan fingerprint density at radius 1 is 1.42 bits per heavy atom. The smallest absolute Gasteiger partial charge is 0.341 e. The number of carboxylic acids is 1. The van der Waals surface area contributed by atoms with Crippen LogP contribution in [0.5, 0.6) is 0 Å². The highest BCUT2D eigenvalue weighted by molar-refractivity contribution is 7.13. The second kappa shape index (κ2) is 5.25. The van der Waals surface area contributed by atoms with Crippen molar-refractivity contribution < 1.29 is 14.3 Å². The maximum absolute atomic E-state index is 14.7. The fourth-order valence-electron chi connectivity index (χ4n) is 3.29. The lowest BCUT2D eigenvalue weighted by Crippen LogP contribution is -2.19. The molecule has 1 saturated carbocycles. The van der Waals surface area contributed by atoms with Crippen molar-refractivity contribution in [1.82, 2.24) is 14.5 Å². The summed E-state index contributed by atoms with van der Waals surface area (Å²) in [5.74, 6) is -1.43. The molecule has 1 aliphatic rings. The van der Waals surface area contributed by atoms with Gasteiger partial charge in [-0.25, -0.2) is 14.2 Å². The summed E-state index contributed by atoms with van der Waals surface area (Å²) in [5.41, 5.74) is 0.0509. The van der Waals surface area contributed by atoms with Gasteiger partial charge in [-0.2, -0.15) is 0 Å². The van der Waals surface area contributed by atoms with Gasteiger partial charge in [0.15, 0.2) is 5.82 Å². The molecule has 5 rings (SSSR count). The van der Waals surface area contributed by atoms with Crippen LogP contribution in [0.15, 0.2) is 34.6 Å². The number of imidazole rings is 1. The van der Waals surface area contributed by atoms with Gasteiger partial charge in [-0.1, -0.05) is 6.07 Å². The Morgan fingerprint density at radius 2 is 2.23 bits per heavy atom. The Bertz CT molecular complexity index is 1250. The molecule has 0 saturated heterocycles. The lowest BCUT2D eigenvalue weighted by atomic mass is 10.1. The zero-order chi connectivity index (χ0) is 18.0. The van der Waals surface area contributed by atoms with Gasteiger partial charge >= 0.3 is 5.97 Å². The SMILES string of the molecule is O=C(O)c1cn(C2CC2)c2c(cc(F)c3nc(-c4cccs4)[nH]c32)c1=O. The minimum atomic E-state index is -1.31. The van der Waals surface area contributed by atoms with Crippen molar-refractivity contribution in [3.63, 3.8) is 0 Å². The first-order valence-corrected chi connectivity index (χ1v) is 8.97. The van der Waals surface area contributed by atoms with Crippen LogP contribution in [-0.4, -0.2) is 25.6 Å². The number of aromatic amines is 1. The number of hydrogen-bond acceptors (Lipinski definition) is 4. The van der Waals surface area contributed by atoms with Crippen molar-refractivity contribution in [3.05, 3.63) is 51.4 Å². The molecule has 0 unspecified atom stereocenters. The average Bonchev–Trinajstić information content (AvgIpc) is 3.12. The molecule has 0 bridgehead atoms. The van der Waals surface area contributed by atoms with E-state index in [2.05, 4.69) is 9.97 Å². The molecule has 0 spiro atoms. The molecule has 2 N–H and O–H groups in total. The Balaban J connectivity index is 1.94. The lowest BCUT2D eigenvalue weighted by Gasteiger charge is -2.12. The number of halogens is 1. The van der Waals surface area contributed by atoms with E-state index in [0.29, 0.717) is 16.9 Å². The molecule has 3 heterocycles. The van der Waals surface area contributed by atoms with Gasteiger partial charge in [-0.05, 0) is 30.4 Å². The van der Waals surface area contributed by atoms with Crippen molar-refractivity contribution in [2.75, 3.05) is 0 Å². The number of thiophene rings is 1. The van der Waals surface area contributed by atoms with Crippen LogP contribution in [0.25, 0.3) is 32.6 Å². The van der Waals surface area contributed by atoms with Gasteiger partial charge in [0.2, 0.25) is 5.43 Å². The quantitative estimate of drug-likeness (QED) is 0.575. The van der Waals surface area contributed by atoms with E-state index in [-0.39, 0.29) is 22.5 Å². The van der Waals surface area contributed by atoms with E-state index in [1.165, 1.54) is 17.5 Å². The van der Waals surface area contributed by atoms with Crippen LogP contribution in [-0.2, 0) is 0 Å². The first-order valence-electron chi connectivity index (χ1n) is 8.09. The lowest BCUT2D eigenvalue weighted by molar-refractivity contribution is 0.0695. The Labute approximate surface area is 149 Å². The first kappa shape index (κ1) is 15.3. The molecule has 130 valence electrons. The molecule has 26 heavy (non-hydrogen) atoms. The average molecular weight is 369 g/mol. The topological polar surface area (TPSA) is 88.0 Å². The maximum Gasteiger partial charge on any atom is 0.341 e. The Kier molecular flexibility index (Phi) is 3.08. The van der Waals surface area contributed by atoms with Gasteiger partial charge in [-0.3, -0.25) is 4.79 Å². The van der Waals surface area contributed by atoms with Crippen molar-refractivity contribution in [2.24, 2.45) is 0 Å². The number of benzene rings is 1. The largest absolute Gasteiger partial charge is 0.477 e. The molecule has 8 heteroatoms. The van der Waals surface area contributed by atoms with Crippen molar-refractivity contribution in [2.45, 2.75) is 18.9 Å². The van der Waals surface area contributed by atoms with Crippen LogP contribution in [0.3, 0.4) is 0 Å². The number of aromatic carboxylic acids is 1. The first-order chi connectivity index (χ1) is 12.5.